The number of imide groups is 1. The Balaban J connectivity index is 0.728. The molecule has 1 saturated carbocycles. The van der Waals surface area contributed by atoms with Gasteiger partial charge in [0.1, 0.15) is 23.0 Å². The van der Waals surface area contributed by atoms with Crippen molar-refractivity contribution in [1.82, 2.24) is 29.7 Å². The molecule has 2 aromatic heterocycles. The summed E-state index contributed by atoms with van der Waals surface area (Å²) in [5, 5.41) is 24.3. The number of carbonyl (C=O) groups excluding carboxylic acids is 4. The van der Waals surface area contributed by atoms with Crippen molar-refractivity contribution in [3.05, 3.63) is 77.2 Å². The molecule has 5 aliphatic heterocycles. The van der Waals surface area contributed by atoms with Gasteiger partial charge >= 0.3 is 0 Å². The zero-order valence-electron chi connectivity index (χ0n) is 33.8. The van der Waals surface area contributed by atoms with Crippen molar-refractivity contribution in [1.29, 1.82) is 0 Å². The third kappa shape index (κ3) is 7.03. The minimum atomic E-state index is -1.23. The molecular formula is C44H51N9O7. The average Bonchev–Trinajstić information content (AvgIpc) is 3.89. The minimum absolute atomic E-state index is 0.129. The highest BCUT2D eigenvalue weighted by Gasteiger charge is 2.48. The normalized spacial score (nSPS) is 25.2. The predicted molar refractivity (Wildman–Crippen MR) is 221 cm³/mol. The largest absolute Gasteiger partial charge is 0.486 e. The van der Waals surface area contributed by atoms with Crippen LogP contribution < -0.4 is 25.6 Å². The van der Waals surface area contributed by atoms with E-state index in [0.29, 0.717) is 59.1 Å². The summed E-state index contributed by atoms with van der Waals surface area (Å²) in [6, 6.07) is 10.5. The highest BCUT2D eigenvalue weighted by Crippen LogP contribution is 2.54. The first kappa shape index (κ1) is 38.6. The van der Waals surface area contributed by atoms with Crippen LogP contribution in [0.25, 0.3) is 5.65 Å². The van der Waals surface area contributed by atoms with Crippen molar-refractivity contribution in [2.24, 2.45) is 11.3 Å². The van der Waals surface area contributed by atoms with E-state index in [2.05, 4.69) is 54.9 Å². The number of amides is 4. The molecule has 4 N–H and O–H groups in total. The Kier molecular flexibility index (Phi) is 9.75. The molecular weight excluding hydrogens is 767 g/mol. The number of anilines is 3. The Bertz CT molecular complexity index is 2360. The number of ether oxygens (including phenoxy) is 2. The Morgan fingerprint density at radius 3 is 2.67 bits per heavy atom. The van der Waals surface area contributed by atoms with Gasteiger partial charge in [-0.3, -0.25) is 34.3 Å². The van der Waals surface area contributed by atoms with E-state index in [9.17, 15) is 24.3 Å². The lowest BCUT2D eigenvalue weighted by Gasteiger charge is -2.53. The van der Waals surface area contributed by atoms with Crippen LogP contribution in [0, 0.1) is 11.3 Å². The molecule has 0 bridgehead atoms. The molecule has 4 aromatic rings. The number of rotatable bonds is 10. The molecule has 10 rings (SSSR count). The van der Waals surface area contributed by atoms with Crippen molar-refractivity contribution in [2.75, 3.05) is 68.0 Å². The molecule has 1 spiro atoms. The van der Waals surface area contributed by atoms with Gasteiger partial charge in [-0.15, -0.1) is 0 Å². The molecule has 4 amide bonds. The van der Waals surface area contributed by atoms with Crippen LogP contribution in [0.1, 0.15) is 89.9 Å². The number of nitrogens with zero attached hydrogens (tertiary/aromatic N) is 6. The van der Waals surface area contributed by atoms with Crippen LogP contribution in [0.15, 0.2) is 55.0 Å². The maximum atomic E-state index is 13.6. The zero-order valence-corrected chi connectivity index (χ0v) is 33.8. The van der Waals surface area contributed by atoms with Crippen molar-refractivity contribution in [3.8, 4) is 5.75 Å². The van der Waals surface area contributed by atoms with E-state index in [4.69, 9.17) is 9.47 Å². The first-order valence-electron chi connectivity index (χ1n) is 21.3. The van der Waals surface area contributed by atoms with Crippen LogP contribution in [-0.4, -0.2) is 117 Å². The van der Waals surface area contributed by atoms with Crippen molar-refractivity contribution in [3.63, 3.8) is 0 Å². The number of piperidine rings is 2. The summed E-state index contributed by atoms with van der Waals surface area (Å²) in [6.07, 6.45) is 10.5. The van der Waals surface area contributed by atoms with E-state index in [0.717, 1.165) is 81.1 Å². The number of carbonyl (C=O) groups is 4. The summed E-state index contributed by atoms with van der Waals surface area (Å²) in [6.45, 7) is 8.46. The lowest BCUT2D eigenvalue weighted by Crippen LogP contribution is -2.53. The van der Waals surface area contributed by atoms with Crippen LogP contribution in [0.4, 0.5) is 17.1 Å². The van der Waals surface area contributed by atoms with E-state index in [1.807, 2.05) is 12.1 Å². The lowest BCUT2D eigenvalue weighted by atomic mass is 9.57. The minimum Gasteiger partial charge on any atom is -0.486 e. The molecule has 3 saturated heterocycles. The van der Waals surface area contributed by atoms with Crippen LogP contribution in [0.2, 0.25) is 0 Å². The van der Waals surface area contributed by atoms with Crippen LogP contribution >= 0.6 is 0 Å². The SMILES string of the molecule is C[C@]1(CN2CCC3(CC2)CC(CCNc2cccc4c2C(=O)N(C2CCC(=O)NC2=O)C4O)C3)Cc2cc(NC(=O)c3cnn4cccnc34)c(N3CCOCC3)cc2O1. The van der Waals surface area contributed by atoms with Gasteiger partial charge in [0.05, 0.1) is 36.3 Å². The molecule has 16 heteroatoms. The van der Waals surface area contributed by atoms with Gasteiger partial charge in [0.2, 0.25) is 11.8 Å². The standard InChI is InChI=1S/C44H51N9O7/c1-43(24-28-20-32(34(21-35(28)60-43)51-16-18-59-19-17-51)48-39(55)30-25-47-52-13-3-11-46-38(30)52)26-50-14-9-44(10-15-50)22-27(23-44)8-12-45-31-5-2-4-29-37(31)42(58)53(41(29)57)33-6-7-36(54)49-40(33)56/h2-5,11,13,20-21,25,27,33,41,45,57H,6-10,12,14-19,22-24,26H2,1H3,(H,48,55)(H,49,54,56)/t33?,41?,43-/m1/s1. The van der Waals surface area contributed by atoms with Gasteiger partial charge in [-0.1, -0.05) is 12.1 Å². The summed E-state index contributed by atoms with van der Waals surface area (Å²) in [5.74, 6) is -0.0909. The average molecular weight is 818 g/mol. The van der Waals surface area contributed by atoms with Crippen LogP contribution in [0.5, 0.6) is 5.75 Å². The second-order valence-corrected chi connectivity index (χ2v) is 17.8. The van der Waals surface area contributed by atoms with Crippen molar-refractivity contribution >= 4 is 46.3 Å². The maximum absolute atomic E-state index is 13.6. The van der Waals surface area contributed by atoms with Crippen LogP contribution in [-0.2, 0) is 20.7 Å². The maximum Gasteiger partial charge on any atom is 0.261 e. The number of fused-ring (bicyclic) bond motifs is 3. The van der Waals surface area contributed by atoms with E-state index in [1.165, 1.54) is 17.7 Å². The number of hydrogen-bond acceptors (Lipinski definition) is 12. The molecule has 0 radical (unpaired) electrons. The highest BCUT2D eigenvalue weighted by molar-refractivity contribution is 6.10. The first-order chi connectivity index (χ1) is 29.1. The number of aliphatic hydroxyl groups excluding tert-OH is 1. The number of likely N-dealkylation sites (tertiary alicyclic amines) is 1. The summed E-state index contributed by atoms with van der Waals surface area (Å²) in [5.41, 5.74) is 5.19. The molecule has 60 heavy (non-hydrogen) atoms. The van der Waals surface area contributed by atoms with E-state index < -0.39 is 29.7 Å². The first-order valence-corrected chi connectivity index (χ1v) is 21.3. The number of aliphatic hydroxyl groups is 1. The lowest BCUT2D eigenvalue weighted by molar-refractivity contribution is -0.139. The molecule has 1 aliphatic carbocycles. The van der Waals surface area contributed by atoms with E-state index in [-0.39, 0.29) is 24.7 Å². The number of morpholine rings is 1. The Labute approximate surface area is 347 Å². The zero-order chi connectivity index (χ0) is 41.2. The van der Waals surface area contributed by atoms with Gasteiger partial charge in [-0.25, -0.2) is 9.50 Å². The molecule has 6 aliphatic rings. The monoisotopic (exact) mass is 817 g/mol. The second-order valence-electron chi connectivity index (χ2n) is 17.8. The van der Waals surface area contributed by atoms with Crippen LogP contribution in [0.3, 0.4) is 0 Å². The second kappa shape index (κ2) is 15.2. The fourth-order valence-corrected chi connectivity index (χ4v) is 10.7. The highest BCUT2D eigenvalue weighted by atomic mass is 16.5. The Hall–Kier alpha value is -5.58. The van der Waals surface area contributed by atoms with Gasteiger partial charge in [-0.05, 0) is 88.1 Å². The van der Waals surface area contributed by atoms with Crippen molar-refractivity contribution in [2.45, 2.75) is 76.2 Å². The molecule has 16 nitrogen and oxygen atoms in total. The number of hydrogen-bond donors (Lipinski definition) is 4. The molecule has 2 aromatic carbocycles. The Morgan fingerprint density at radius 1 is 1.05 bits per heavy atom. The van der Waals surface area contributed by atoms with Gasteiger partial charge in [0.25, 0.3) is 11.8 Å². The fourth-order valence-electron chi connectivity index (χ4n) is 10.7. The summed E-state index contributed by atoms with van der Waals surface area (Å²) in [4.78, 5) is 61.8. The molecule has 2 unspecified atom stereocenters. The van der Waals surface area contributed by atoms with Gasteiger partial charge in [-0.2, -0.15) is 5.10 Å². The summed E-state index contributed by atoms with van der Waals surface area (Å²) >= 11 is 0. The number of aromatic nitrogens is 3. The quantitative estimate of drug-likeness (QED) is 0.171. The Morgan fingerprint density at radius 2 is 1.87 bits per heavy atom. The molecule has 3 atom stereocenters. The third-order valence-corrected chi connectivity index (χ3v) is 13.6. The van der Waals surface area contributed by atoms with Gasteiger partial charge in [0.15, 0.2) is 11.9 Å². The van der Waals surface area contributed by atoms with Gasteiger partial charge < -0.3 is 30.1 Å². The third-order valence-electron chi connectivity index (χ3n) is 13.6. The van der Waals surface area contributed by atoms with E-state index >= 15 is 0 Å². The van der Waals surface area contributed by atoms with Gasteiger partial charge in [0, 0.05) is 74.3 Å². The number of nitrogens with one attached hydrogen (secondary N) is 3. The predicted octanol–water partition coefficient (Wildman–Crippen LogP) is 3.76. The smallest absolute Gasteiger partial charge is 0.261 e. The fraction of sp³-hybridized carbons (Fsp3) is 0.500. The number of benzene rings is 2. The molecule has 314 valence electrons. The van der Waals surface area contributed by atoms with E-state index in [1.54, 1.807) is 35.2 Å². The molecule has 7 heterocycles. The summed E-state index contributed by atoms with van der Waals surface area (Å²) < 4.78 is 14.0. The summed E-state index contributed by atoms with van der Waals surface area (Å²) in [7, 11) is 0. The topological polar surface area (TPSA) is 183 Å². The van der Waals surface area contributed by atoms with Crippen molar-refractivity contribution < 1.29 is 33.8 Å². The molecule has 4 fully saturated rings.